The number of anilines is 5. The average molecular weight is 385 g/mol. The van der Waals surface area contributed by atoms with Crippen molar-refractivity contribution >= 4 is 28.4 Å². The highest BCUT2D eigenvalue weighted by molar-refractivity contribution is 5.77. The van der Waals surface area contributed by atoms with Crippen LogP contribution in [0.2, 0.25) is 0 Å². The number of piperidine rings is 1. The standard InChI is InChI=1S/C21H28FN5O/c1-14-9-11-27(12-10-14)19-8-6-17(21(22)15(19)2)24-16-5-7-20(26(4)25-28)18(13-16)23-3/h5-8,13-14,23-24H,9-12H2,1-4H3. The summed E-state index contributed by atoms with van der Waals surface area (Å²) in [6.45, 7) is 6.05. The van der Waals surface area contributed by atoms with Crippen LogP contribution in [0.3, 0.4) is 0 Å². The van der Waals surface area contributed by atoms with Gasteiger partial charge in [0.25, 0.3) is 0 Å². The third kappa shape index (κ3) is 4.03. The van der Waals surface area contributed by atoms with Gasteiger partial charge < -0.3 is 15.5 Å². The predicted octanol–water partition coefficient (Wildman–Crippen LogP) is 5.27. The number of benzene rings is 2. The van der Waals surface area contributed by atoms with Crippen molar-refractivity contribution in [2.45, 2.75) is 26.7 Å². The molecule has 2 aromatic rings. The monoisotopic (exact) mass is 385 g/mol. The van der Waals surface area contributed by atoms with E-state index in [0.717, 1.165) is 48.9 Å². The van der Waals surface area contributed by atoms with Crippen molar-refractivity contribution < 1.29 is 4.39 Å². The molecular formula is C21H28FN5O. The lowest BCUT2D eigenvalue weighted by Crippen LogP contribution is -2.33. The average Bonchev–Trinajstić information content (AvgIpc) is 2.71. The SMILES string of the molecule is CNc1cc(Nc2ccc(N3CCC(C)CC3)c(C)c2F)ccc1N(C)N=O. The van der Waals surface area contributed by atoms with E-state index in [0.29, 0.717) is 16.9 Å². The van der Waals surface area contributed by atoms with Crippen LogP contribution in [0.4, 0.5) is 32.8 Å². The van der Waals surface area contributed by atoms with Gasteiger partial charge in [0.05, 0.1) is 22.3 Å². The lowest BCUT2D eigenvalue weighted by molar-refractivity contribution is 0.437. The molecule has 7 heteroatoms. The first-order chi connectivity index (χ1) is 13.4. The Labute approximate surface area is 165 Å². The van der Waals surface area contributed by atoms with E-state index in [9.17, 15) is 4.91 Å². The molecule has 1 aliphatic rings. The molecule has 1 heterocycles. The Hall–Kier alpha value is -2.83. The third-order valence-electron chi connectivity index (χ3n) is 5.50. The molecule has 2 aromatic carbocycles. The molecule has 28 heavy (non-hydrogen) atoms. The van der Waals surface area contributed by atoms with E-state index in [1.165, 1.54) is 5.01 Å². The fraction of sp³-hybridized carbons (Fsp3) is 0.429. The largest absolute Gasteiger partial charge is 0.386 e. The fourth-order valence-electron chi connectivity index (χ4n) is 3.66. The van der Waals surface area contributed by atoms with Crippen molar-refractivity contribution in [2.24, 2.45) is 11.2 Å². The second-order valence-electron chi connectivity index (χ2n) is 7.45. The van der Waals surface area contributed by atoms with Gasteiger partial charge in [0.15, 0.2) is 5.82 Å². The molecule has 150 valence electrons. The first kappa shape index (κ1) is 19.9. The van der Waals surface area contributed by atoms with Crippen LogP contribution in [-0.2, 0) is 0 Å². The summed E-state index contributed by atoms with van der Waals surface area (Å²) in [5, 5.41) is 10.4. The third-order valence-corrected chi connectivity index (χ3v) is 5.50. The minimum Gasteiger partial charge on any atom is -0.386 e. The van der Waals surface area contributed by atoms with Gasteiger partial charge in [-0.05, 0) is 56.0 Å². The molecule has 0 atom stereocenters. The number of hydrogen-bond donors (Lipinski definition) is 2. The first-order valence-corrected chi connectivity index (χ1v) is 9.64. The summed E-state index contributed by atoms with van der Waals surface area (Å²) >= 11 is 0. The number of halogens is 1. The molecule has 1 saturated heterocycles. The van der Waals surface area contributed by atoms with Crippen LogP contribution in [-0.4, -0.2) is 27.2 Å². The molecular weight excluding hydrogens is 357 g/mol. The molecule has 2 N–H and O–H groups in total. The van der Waals surface area contributed by atoms with E-state index in [4.69, 9.17) is 0 Å². The van der Waals surface area contributed by atoms with Gasteiger partial charge in [0.2, 0.25) is 0 Å². The van der Waals surface area contributed by atoms with E-state index >= 15 is 4.39 Å². The van der Waals surface area contributed by atoms with Gasteiger partial charge in [-0.25, -0.2) is 9.40 Å². The molecule has 0 unspecified atom stereocenters. The highest BCUT2D eigenvalue weighted by Crippen LogP contribution is 2.34. The van der Waals surface area contributed by atoms with Crippen LogP contribution >= 0.6 is 0 Å². The second-order valence-corrected chi connectivity index (χ2v) is 7.45. The summed E-state index contributed by atoms with van der Waals surface area (Å²) in [5.41, 5.74) is 4.17. The van der Waals surface area contributed by atoms with Gasteiger partial charge in [-0.2, -0.15) is 0 Å². The van der Waals surface area contributed by atoms with Gasteiger partial charge in [-0.1, -0.05) is 6.92 Å². The van der Waals surface area contributed by atoms with Crippen LogP contribution in [0.1, 0.15) is 25.3 Å². The van der Waals surface area contributed by atoms with Crippen LogP contribution in [0, 0.1) is 23.6 Å². The first-order valence-electron chi connectivity index (χ1n) is 9.64. The number of nitrogens with one attached hydrogen (secondary N) is 2. The fourth-order valence-corrected chi connectivity index (χ4v) is 3.66. The quantitative estimate of drug-likeness (QED) is 0.524. The minimum atomic E-state index is -0.238. The minimum absolute atomic E-state index is 0.238. The van der Waals surface area contributed by atoms with Gasteiger partial charge in [0, 0.05) is 44.1 Å². The zero-order valence-electron chi connectivity index (χ0n) is 16.9. The van der Waals surface area contributed by atoms with E-state index in [-0.39, 0.29) is 5.82 Å². The maximum absolute atomic E-state index is 15.1. The molecule has 1 fully saturated rings. The zero-order chi connectivity index (χ0) is 20.3. The second kappa shape index (κ2) is 8.46. The summed E-state index contributed by atoms with van der Waals surface area (Å²) in [6.07, 6.45) is 2.29. The topological polar surface area (TPSA) is 60.0 Å². The Morgan fingerprint density at radius 3 is 2.54 bits per heavy atom. The van der Waals surface area contributed by atoms with E-state index < -0.39 is 0 Å². The Kier molecular flexibility index (Phi) is 6.02. The maximum Gasteiger partial charge on any atom is 0.151 e. The van der Waals surface area contributed by atoms with Crippen molar-refractivity contribution in [3.05, 3.63) is 46.6 Å². The summed E-state index contributed by atoms with van der Waals surface area (Å²) in [5.74, 6) is 0.498. The van der Waals surface area contributed by atoms with Crippen LogP contribution in [0.25, 0.3) is 0 Å². The molecule has 0 aliphatic carbocycles. The van der Waals surface area contributed by atoms with Crippen LogP contribution < -0.4 is 20.5 Å². The van der Waals surface area contributed by atoms with Crippen molar-refractivity contribution in [1.29, 1.82) is 0 Å². The van der Waals surface area contributed by atoms with Crippen LogP contribution in [0.5, 0.6) is 0 Å². The van der Waals surface area contributed by atoms with Gasteiger partial charge >= 0.3 is 0 Å². The van der Waals surface area contributed by atoms with Crippen LogP contribution in [0.15, 0.2) is 35.6 Å². The smallest absolute Gasteiger partial charge is 0.151 e. The van der Waals surface area contributed by atoms with Crippen molar-refractivity contribution in [2.75, 3.05) is 47.7 Å². The van der Waals surface area contributed by atoms with Gasteiger partial charge in [-0.3, -0.25) is 0 Å². The molecule has 0 bridgehead atoms. The molecule has 0 amide bonds. The normalized spacial score (nSPS) is 14.7. The van der Waals surface area contributed by atoms with Gasteiger partial charge in [-0.15, -0.1) is 4.91 Å². The molecule has 1 aliphatic heterocycles. The lowest BCUT2D eigenvalue weighted by atomic mass is 9.98. The molecule has 0 saturated carbocycles. The van der Waals surface area contributed by atoms with Gasteiger partial charge in [0.1, 0.15) is 0 Å². The summed E-state index contributed by atoms with van der Waals surface area (Å²) < 4.78 is 15.1. The number of nitrogens with zero attached hydrogens (tertiary/aromatic N) is 3. The molecule has 0 radical (unpaired) electrons. The van der Waals surface area contributed by atoms with Crippen molar-refractivity contribution in [3.8, 4) is 0 Å². The van der Waals surface area contributed by atoms with E-state index in [2.05, 4.69) is 27.7 Å². The lowest BCUT2D eigenvalue weighted by Gasteiger charge is -2.33. The number of rotatable bonds is 6. The maximum atomic E-state index is 15.1. The highest BCUT2D eigenvalue weighted by atomic mass is 19.1. The molecule has 3 rings (SSSR count). The molecule has 6 nitrogen and oxygen atoms in total. The Morgan fingerprint density at radius 2 is 1.89 bits per heavy atom. The Balaban J connectivity index is 1.83. The summed E-state index contributed by atoms with van der Waals surface area (Å²) in [6, 6.07) is 9.18. The Morgan fingerprint density at radius 1 is 1.18 bits per heavy atom. The Bertz CT molecular complexity index is 849. The van der Waals surface area contributed by atoms with E-state index in [1.54, 1.807) is 32.3 Å². The molecule has 0 spiro atoms. The summed E-state index contributed by atoms with van der Waals surface area (Å²) in [4.78, 5) is 13.1. The zero-order valence-corrected chi connectivity index (χ0v) is 16.9. The van der Waals surface area contributed by atoms with E-state index in [1.807, 2.05) is 19.1 Å². The van der Waals surface area contributed by atoms with Crippen molar-refractivity contribution in [3.63, 3.8) is 0 Å². The number of hydrogen-bond acceptors (Lipinski definition) is 5. The van der Waals surface area contributed by atoms with Crippen molar-refractivity contribution in [1.82, 2.24) is 0 Å². The predicted molar refractivity (Wildman–Crippen MR) is 115 cm³/mol. The number of nitroso groups, excluding NO2 is 1. The summed E-state index contributed by atoms with van der Waals surface area (Å²) in [7, 11) is 3.35. The highest BCUT2D eigenvalue weighted by Gasteiger charge is 2.20. The molecule has 0 aromatic heterocycles.